The molecule has 0 spiro atoms. The largest absolute Gasteiger partial charge is 0.305 e. The number of pyridine rings is 2. The number of aryl methyl sites for hydroxylation is 2. The number of amides is 1. The number of carbonyl (C=O) groups excluding carboxylic acids is 1. The van der Waals surface area contributed by atoms with Crippen LogP contribution in [-0.2, 0) is 7.05 Å². The minimum atomic E-state index is -0.210. The molecule has 8 heteroatoms. The monoisotopic (exact) mass is 373 g/mol. The molecule has 1 saturated carbocycles. The topological polar surface area (TPSA) is 101 Å². The molecule has 4 aromatic rings. The van der Waals surface area contributed by atoms with Crippen molar-refractivity contribution in [2.45, 2.75) is 25.7 Å². The summed E-state index contributed by atoms with van der Waals surface area (Å²) in [4.78, 5) is 21.8. The fourth-order valence-electron chi connectivity index (χ4n) is 3.48. The van der Waals surface area contributed by atoms with Crippen molar-refractivity contribution in [3.63, 3.8) is 0 Å². The Balaban J connectivity index is 1.50. The Morgan fingerprint density at radius 3 is 2.79 bits per heavy atom. The molecule has 0 saturated heterocycles. The van der Waals surface area contributed by atoms with E-state index in [1.807, 2.05) is 38.2 Å². The van der Waals surface area contributed by atoms with E-state index in [1.54, 1.807) is 17.1 Å². The molecule has 140 valence electrons. The van der Waals surface area contributed by atoms with Gasteiger partial charge in [0.15, 0.2) is 11.5 Å². The minimum absolute atomic E-state index is 0.210. The van der Waals surface area contributed by atoms with Crippen molar-refractivity contribution >= 4 is 22.8 Å². The zero-order valence-electron chi connectivity index (χ0n) is 15.6. The first-order valence-corrected chi connectivity index (χ1v) is 9.21. The summed E-state index contributed by atoms with van der Waals surface area (Å²) >= 11 is 0. The van der Waals surface area contributed by atoms with Crippen molar-refractivity contribution in [2.75, 3.05) is 5.32 Å². The van der Waals surface area contributed by atoms with Gasteiger partial charge in [-0.3, -0.25) is 19.6 Å². The molecular weight excluding hydrogens is 354 g/mol. The maximum absolute atomic E-state index is 13.1. The molecule has 5 rings (SSSR count). The van der Waals surface area contributed by atoms with Crippen LogP contribution in [0.15, 0.2) is 36.7 Å². The molecule has 0 radical (unpaired) electrons. The van der Waals surface area contributed by atoms with Gasteiger partial charge in [0.25, 0.3) is 5.91 Å². The van der Waals surface area contributed by atoms with Gasteiger partial charge in [-0.2, -0.15) is 10.2 Å². The quantitative estimate of drug-likeness (QED) is 0.572. The van der Waals surface area contributed by atoms with Crippen LogP contribution in [0.25, 0.3) is 22.3 Å². The van der Waals surface area contributed by atoms with E-state index in [-0.39, 0.29) is 5.91 Å². The van der Waals surface area contributed by atoms with Crippen molar-refractivity contribution in [1.29, 1.82) is 0 Å². The van der Waals surface area contributed by atoms with Crippen molar-refractivity contribution in [1.82, 2.24) is 29.9 Å². The number of carbonyl (C=O) groups is 1. The second-order valence-corrected chi connectivity index (χ2v) is 7.13. The summed E-state index contributed by atoms with van der Waals surface area (Å²) in [5.41, 5.74) is 4.84. The third-order valence-electron chi connectivity index (χ3n) is 5.04. The minimum Gasteiger partial charge on any atom is -0.305 e. The summed E-state index contributed by atoms with van der Waals surface area (Å²) < 4.78 is 1.74. The number of anilines is 1. The Hall–Kier alpha value is -3.55. The number of aromatic amines is 1. The van der Waals surface area contributed by atoms with E-state index in [1.165, 1.54) is 0 Å². The number of nitrogens with one attached hydrogen (secondary N) is 2. The lowest BCUT2D eigenvalue weighted by atomic mass is 10.1. The first-order chi connectivity index (χ1) is 13.6. The highest BCUT2D eigenvalue weighted by atomic mass is 16.1. The molecule has 0 aliphatic heterocycles. The Bertz CT molecular complexity index is 1190. The molecule has 8 nitrogen and oxygen atoms in total. The molecule has 0 atom stereocenters. The first-order valence-electron chi connectivity index (χ1n) is 9.21. The lowest BCUT2D eigenvalue weighted by molar-refractivity contribution is 0.102. The summed E-state index contributed by atoms with van der Waals surface area (Å²) in [6.45, 7) is 1.90. The second-order valence-electron chi connectivity index (χ2n) is 7.13. The highest BCUT2D eigenvalue weighted by molar-refractivity contribution is 6.12. The van der Waals surface area contributed by atoms with Crippen molar-refractivity contribution in [3.8, 4) is 11.3 Å². The van der Waals surface area contributed by atoms with Crippen LogP contribution in [0.2, 0.25) is 0 Å². The number of fused-ring (bicyclic) bond motifs is 1. The van der Waals surface area contributed by atoms with Gasteiger partial charge < -0.3 is 5.32 Å². The molecular formula is C20H19N7O. The molecule has 0 aromatic carbocycles. The maximum atomic E-state index is 13.1. The lowest BCUT2D eigenvalue weighted by Crippen LogP contribution is -2.14. The zero-order valence-corrected chi connectivity index (χ0v) is 15.6. The number of hydrogen-bond acceptors (Lipinski definition) is 5. The molecule has 0 bridgehead atoms. The fraction of sp³-hybridized carbons (Fsp3) is 0.250. The van der Waals surface area contributed by atoms with Crippen LogP contribution in [0.3, 0.4) is 0 Å². The molecule has 1 aliphatic rings. The van der Waals surface area contributed by atoms with Gasteiger partial charge in [-0.15, -0.1) is 0 Å². The number of hydrogen-bond donors (Lipinski definition) is 2. The van der Waals surface area contributed by atoms with E-state index in [2.05, 4.69) is 25.6 Å². The van der Waals surface area contributed by atoms with E-state index in [0.29, 0.717) is 17.3 Å². The van der Waals surface area contributed by atoms with Gasteiger partial charge in [0.2, 0.25) is 0 Å². The third kappa shape index (κ3) is 2.83. The summed E-state index contributed by atoms with van der Waals surface area (Å²) in [6, 6.07) is 7.48. The Labute approximate surface area is 161 Å². The number of nitrogens with zero attached hydrogens (tertiary/aromatic N) is 5. The average Bonchev–Trinajstić information content (AvgIpc) is 3.39. The Kier molecular flexibility index (Phi) is 3.71. The van der Waals surface area contributed by atoms with E-state index < -0.39 is 0 Å². The van der Waals surface area contributed by atoms with E-state index in [4.69, 9.17) is 4.98 Å². The van der Waals surface area contributed by atoms with Crippen LogP contribution in [-0.4, -0.2) is 35.9 Å². The predicted octanol–water partition coefficient (Wildman–Crippen LogP) is 3.19. The normalized spacial score (nSPS) is 13.8. The van der Waals surface area contributed by atoms with Gasteiger partial charge in [-0.05, 0) is 38.0 Å². The predicted molar refractivity (Wildman–Crippen MR) is 105 cm³/mol. The molecule has 1 aliphatic carbocycles. The maximum Gasteiger partial charge on any atom is 0.257 e. The van der Waals surface area contributed by atoms with E-state index in [0.717, 1.165) is 46.5 Å². The summed E-state index contributed by atoms with van der Waals surface area (Å²) in [7, 11) is 1.86. The highest BCUT2D eigenvalue weighted by Gasteiger charge is 2.28. The molecule has 28 heavy (non-hydrogen) atoms. The van der Waals surface area contributed by atoms with Crippen LogP contribution in [0, 0.1) is 6.92 Å². The summed E-state index contributed by atoms with van der Waals surface area (Å²) in [6.07, 6.45) is 5.66. The standard InChI is InChI=1S/C20H19N7O/c1-11-18-14(9-15(12-3-4-12)22-19(18)27(2)26-11)20(28)23-17-10-16(24-25-17)13-5-7-21-8-6-13/h5-10,12H,3-4H2,1-2H3,(H2,23,24,25,28). The molecule has 4 heterocycles. The number of aromatic nitrogens is 6. The van der Waals surface area contributed by atoms with Crippen LogP contribution in [0.1, 0.15) is 40.5 Å². The molecule has 1 amide bonds. The second kappa shape index (κ2) is 6.26. The van der Waals surface area contributed by atoms with Gasteiger partial charge in [-0.25, -0.2) is 4.98 Å². The Morgan fingerprint density at radius 1 is 1.25 bits per heavy atom. The van der Waals surface area contributed by atoms with Crippen molar-refractivity contribution in [3.05, 3.63) is 53.6 Å². The van der Waals surface area contributed by atoms with Gasteiger partial charge in [0.05, 0.1) is 22.3 Å². The smallest absolute Gasteiger partial charge is 0.257 e. The highest BCUT2D eigenvalue weighted by Crippen LogP contribution is 2.40. The van der Waals surface area contributed by atoms with E-state index in [9.17, 15) is 4.79 Å². The lowest BCUT2D eigenvalue weighted by Gasteiger charge is -2.07. The molecule has 1 fully saturated rings. The van der Waals surface area contributed by atoms with Gasteiger partial charge >= 0.3 is 0 Å². The summed E-state index contributed by atoms with van der Waals surface area (Å²) in [5, 5.41) is 15.3. The van der Waals surface area contributed by atoms with Crippen molar-refractivity contribution < 1.29 is 4.79 Å². The average molecular weight is 373 g/mol. The SMILES string of the molecule is Cc1nn(C)c2nc(C3CC3)cc(C(=O)Nc3cc(-c4ccncc4)[nH]n3)c12. The fourth-order valence-corrected chi connectivity index (χ4v) is 3.48. The van der Waals surface area contributed by atoms with Crippen LogP contribution in [0.4, 0.5) is 5.82 Å². The molecule has 0 unspecified atom stereocenters. The Morgan fingerprint density at radius 2 is 2.04 bits per heavy atom. The van der Waals surface area contributed by atoms with E-state index >= 15 is 0 Å². The zero-order chi connectivity index (χ0) is 19.3. The van der Waals surface area contributed by atoms with Crippen LogP contribution in [0.5, 0.6) is 0 Å². The number of H-pyrrole nitrogens is 1. The van der Waals surface area contributed by atoms with Crippen molar-refractivity contribution in [2.24, 2.45) is 7.05 Å². The number of rotatable bonds is 4. The van der Waals surface area contributed by atoms with Gasteiger partial charge in [-0.1, -0.05) is 0 Å². The summed E-state index contributed by atoms with van der Waals surface area (Å²) in [5.74, 6) is 0.698. The molecule has 2 N–H and O–H groups in total. The first kappa shape index (κ1) is 16.6. The van der Waals surface area contributed by atoms with Crippen LogP contribution < -0.4 is 5.32 Å². The molecule has 4 aromatic heterocycles. The van der Waals surface area contributed by atoms with Gasteiger partial charge in [0.1, 0.15) is 0 Å². The van der Waals surface area contributed by atoms with Crippen LogP contribution >= 0.6 is 0 Å². The van der Waals surface area contributed by atoms with Gasteiger partial charge in [0, 0.05) is 42.7 Å². The third-order valence-corrected chi connectivity index (χ3v) is 5.04.